The van der Waals surface area contributed by atoms with Crippen LogP contribution in [0.25, 0.3) is 0 Å². The first-order chi connectivity index (χ1) is 16.7. The van der Waals surface area contributed by atoms with Gasteiger partial charge in [-0.1, -0.05) is 18.2 Å². The summed E-state index contributed by atoms with van der Waals surface area (Å²) in [6, 6.07) is 7.98. The molecule has 0 saturated heterocycles. The predicted molar refractivity (Wildman–Crippen MR) is 124 cm³/mol. The minimum atomic E-state index is -3.74. The van der Waals surface area contributed by atoms with Gasteiger partial charge in [-0.2, -0.15) is 8.42 Å². The quantitative estimate of drug-likeness (QED) is 0.146. The molecule has 0 atom stereocenters. The summed E-state index contributed by atoms with van der Waals surface area (Å²) in [6.07, 6.45) is 0. The van der Waals surface area contributed by atoms with Gasteiger partial charge >= 0.3 is 0 Å². The third kappa shape index (κ3) is 18.2. The number of rotatable bonds is 25. The Hall–Kier alpha value is -1.19. The molecule has 0 fully saturated rings. The lowest BCUT2D eigenvalue weighted by molar-refractivity contribution is -0.0209. The van der Waals surface area contributed by atoms with E-state index >= 15 is 0 Å². The summed E-state index contributed by atoms with van der Waals surface area (Å²) in [4.78, 5) is 0.124. The maximum Gasteiger partial charge on any atom is 0.297 e. The van der Waals surface area contributed by atoms with E-state index in [-0.39, 0.29) is 18.1 Å². The summed E-state index contributed by atoms with van der Waals surface area (Å²) < 4.78 is 66.1. The Balaban J connectivity index is 1.74. The molecule has 0 saturated carbocycles. The second-order valence-corrected chi connectivity index (χ2v) is 8.28. The van der Waals surface area contributed by atoms with Crippen LogP contribution in [-0.2, 0) is 47.5 Å². The standard InChI is InChI=1S/C22H39NO10S/c23-6-7-26-8-9-27-10-11-28-12-13-29-14-15-30-16-17-31-18-19-32-20-21-33-34(24,25)22-4-2-1-3-5-22/h1-5H,6-21,23H2. The van der Waals surface area contributed by atoms with Crippen LogP contribution in [-0.4, -0.2) is 114 Å². The van der Waals surface area contributed by atoms with E-state index in [2.05, 4.69) is 0 Å². The van der Waals surface area contributed by atoms with Crippen LogP contribution in [0.3, 0.4) is 0 Å². The molecule has 0 bridgehead atoms. The van der Waals surface area contributed by atoms with Gasteiger partial charge in [0.05, 0.1) is 104 Å². The van der Waals surface area contributed by atoms with Crippen LogP contribution in [0, 0.1) is 0 Å². The van der Waals surface area contributed by atoms with Crippen LogP contribution < -0.4 is 5.73 Å². The van der Waals surface area contributed by atoms with Gasteiger partial charge in [-0.25, -0.2) is 0 Å². The van der Waals surface area contributed by atoms with E-state index in [0.717, 1.165) is 0 Å². The highest BCUT2D eigenvalue weighted by atomic mass is 32.2. The Morgan fingerprint density at radius 2 is 0.824 bits per heavy atom. The van der Waals surface area contributed by atoms with Crippen molar-refractivity contribution in [3.63, 3.8) is 0 Å². The van der Waals surface area contributed by atoms with E-state index in [4.69, 9.17) is 43.1 Å². The number of ether oxygens (including phenoxy) is 7. The molecule has 0 heterocycles. The van der Waals surface area contributed by atoms with Gasteiger partial charge < -0.3 is 38.9 Å². The number of benzene rings is 1. The highest BCUT2D eigenvalue weighted by Gasteiger charge is 2.13. The third-order valence-corrected chi connectivity index (χ3v) is 5.32. The van der Waals surface area contributed by atoms with Crippen LogP contribution in [0.5, 0.6) is 0 Å². The van der Waals surface area contributed by atoms with Gasteiger partial charge in [-0.05, 0) is 12.1 Å². The zero-order chi connectivity index (χ0) is 24.6. The van der Waals surface area contributed by atoms with Gasteiger partial charge in [0, 0.05) is 6.54 Å². The first-order valence-electron chi connectivity index (χ1n) is 11.4. The van der Waals surface area contributed by atoms with Gasteiger partial charge in [-0.15, -0.1) is 0 Å². The van der Waals surface area contributed by atoms with E-state index in [0.29, 0.717) is 92.4 Å². The molecule has 0 aliphatic carbocycles. The van der Waals surface area contributed by atoms with E-state index in [9.17, 15) is 8.42 Å². The van der Waals surface area contributed by atoms with Gasteiger partial charge in [-0.3, -0.25) is 4.18 Å². The second kappa shape index (κ2) is 22.3. The Morgan fingerprint density at radius 1 is 0.500 bits per heavy atom. The first-order valence-corrected chi connectivity index (χ1v) is 12.8. The van der Waals surface area contributed by atoms with Crippen molar-refractivity contribution in [2.75, 3.05) is 106 Å². The zero-order valence-electron chi connectivity index (χ0n) is 19.8. The summed E-state index contributed by atoms with van der Waals surface area (Å²) in [5.41, 5.74) is 5.31. The fraction of sp³-hybridized carbons (Fsp3) is 0.727. The largest absolute Gasteiger partial charge is 0.378 e. The molecule has 1 aromatic rings. The van der Waals surface area contributed by atoms with E-state index in [1.54, 1.807) is 18.2 Å². The molecule has 2 N–H and O–H groups in total. The molecule has 12 heteroatoms. The third-order valence-electron chi connectivity index (χ3n) is 3.99. The molecule has 34 heavy (non-hydrogen) atoms. The monoisotopic (exact) mass is 509 g/mol. The number of hydrogen-bond acceptors (Lipinski definition) is 11. The van der Waals surface area contributed by atoms with Crippen molar-refractivity contribution in [3.8, 4) is 0 Å². The topological polar surface area (TPSA) is 134 Å². The Kier molecular flexibility index (Phi) is 20.2. The normalized spacial score (nSPS) is 11.8. The van der Waals surface area contributed by atoms with Gasteiger partial charge in [0.1, 0.15) is 0 Å². The van der Waals surface area contributed by atoms with E-state index in [1.807, 2.05) is 0 Å². The Labute approximate surface area is 202 Å². The predicted octanol–water partition coefficient (Wildman–Crippen LogP) is 0.467. The molecule has 11 nitrogen and oxygen atoms in total. The van der Waals surface area contributed by atoms with Crippen molar-refractivity contribution in [2.45, 2.75) is 4.90 Å². The smallest absolute Gasteiger partial charge is 0.297 e. The van der Waals surface area contributed by atoms with Crippen molar-refractivity contribution in [1.82, 2.24) is 0 Å². The van der Waals surface area contributed by atoms with Crippen LogP contribution in [0.4, 0.5) is 0 Å². The molecule has 0 aromatic heterocycles. The van der Waals surface area contributed by atoms with Gasteiger partial charge in [0.15, 0.2) is 0 Å². The minimum absolute atomic E-state index is 0.0514. The molecule has 1 rings (SSSR count). The van der Waals surface area contributed by atoms with Crippen molar-refractivity contribution in [3.05, 3.63) is 30.3 Å². The molecule has 0 amide bonds. The molecule has 0 aliphatic heterocycles. The summed E-state index contributed by atoms with van der Waals surface area (Å²) >= 11 is 0. The molecule has 0 radical (unpaired) electrons. The van der Waals surface area contributed by atoms with Crippen LogP contribution in [0.2, 0.25) is 0 Å². The van der Waals surface area contributed by atoms with Crippen LogP contribution >= 0.6 is 0 Å². The fourth-order valence-electron chi connectivity index (χ4n) is 2.36. The minimum Gasteiger partial charge on any atom is -0.378 e. The Morgan fingerprint density at radius 3 is 1.18 bits per heavy atom. The molecule has 0 unspecified atom stereocenters. The SMILES string of the molecule is NCCOCCOCCOCCOCCOCCOCCOCCOS(=O)(=O)c1ccccc1. The van der Waals surface area contributed by atoms with Gasteiger partial charge in [0.2, 0.25) is 0 Å². The lowest BCUT2D eigenvalue weighted by Gasteiger charge is -2.08. The van der Waals surface area contributed by atoms with E-state index in [1.165, 1.54) is 12.1 Å². The molecule has 198 valence electrons. The maximum absolute atomic E-state index is 11.9. The van der Waals surface area contributed by atoms with Crippen molar-refractivity contribution in [1.29, 1.82) is 0 Å². The maximum atomic E-state index is 11.9. The van der Waals surface area contributed by atoms with E-state index < -0.39 is 10.1 Å². The summed E-state index contributed by atoms with van der Waals surface area (Å²) in [5.74, 6) is 0. The summed E-state index contributed by atoms with van der Waals surface area (Å²) in [6.45, 7) is 6.82. The highest BCUT2D eigenvalue weighted by molar-refractivity contribution is 7.86. The molecular formula is C22H39NO10S. The number of hydrogen-bond donors (Lipinski definition) is 1. The average Bonchev–Trinajstić information content (AvgIpc) is 2.85. The molecule has 0 spiro atoms. The van der Waals surface area contributed by atoms with Gasteiger partial charge in [0.25, 0.3) is 10.1 Å². The Bertz CT molecular complexity index is 663. The van der Waals surface area contributed by atoms with Crippen molar-refractivity contribution >= 4 is 10.1 Å². The fourth-order valence-corrected chi connectivity index (χ4v) is 3.28. The number of nitrogens with two attached hydrogens (primary N) is 1. The molecular weight excluding hydrogens is 470 g/mol. The molecule has 1 aromatic carbocycles. The lowest BCUT2D eigenvalue weighted by atomic mass is 10.4. The second-order valence-electron chi connectivity index (χ2n) is 6.66. The molecule has 0 aliphatic rings. The van der Waals surface area contributed by atoms with Crippen LogP contribution in [0.1, 0.15) is 0 Å². The lowest BCUT2D eigenvalue weighted by Crippen LogP contribution is -2.15. The summed E-state index contributed by atoms with van der Waals surface area (Å²) in [7, 11) is -3.74. The van der Waals surface area contributed by atoms with Crippen LogP contribution in [0.15, 0.2) is 35.2 Å². The zero-order valence-corrected chi connectivity index (χ0v) is 20.6. The van der Waals surface area contributed by atoms with Crippen molar-refractivity contribution in [2.24, 2.45) is 5.73 Å². The average molecular weight is 510 g/mol. The summed E-state index contributed by atoms with van der Waals surface area (Å²) in [5, 5.41) is 0. The highest BCUT2D eigenvalue weighted by Crippen LogP contribution is 2.10. The van der Waals surface area contributed by atoms with Crippen molar-refractivity contribution < 1.29 is 45.8 Å². The first kappa shape index (κ1) is 30.8.